The highest BCUT2D eigenvalue weighted by Crippen LogP contribution is 2.30. The number of rotatable bonds is 7. The lowest BCUT2D eigenvalue weighted by Gasteiger charge is -1.99. The lowest BCUT2D eigenvalue weighted by Crippen LogP contribution is -1.94. The standard InChI is InChI=1S/C9H10N2O4S2/c12-9(13)2-1-5-16-17-8-4-3-7(6-10-8)11(14)15/h3-4,6H,1-2,5H2,(H,12,13). The second-order valence-electron chi connectivity index (χ2n) is 3.01. The fraction of sp³-hybridized carbons (Fsp3) is 0.333. The summed E-state index contributed by atoms with van der Waals surface area (Å²) in [5.74, 6) is -0.0978. The van der Waals surface area contributed by atoms with E-state index in [4.69, 9.17) is 5.11 Å². The minimum Gasteiger partial charge on any atom is -0.481 e. The summed E-state index contributed by atoms with van der Waals surface area (Å²) in [7, 11) is 2.87. The first-order valence-corrected chi connectivity index (χ1v) is 7.03. The Morgan fingerprint density at radius 3 is 2.82 bits per heavy atom. The van der Waals surface area contributed by atoms with Gasteiger partial charge in [0.15, 0.2) is 0 Å². The van der Waals surface area contributed by atoms with Crippen LogP contribution in [0.3, 0.4) is 0 Å². The predicted octanol–water partition coefficient (Wildman–Crippen LogP) is 2.59. The maximum Gasteiger partial charge on any atom is 0.303 e. The molecular weight excluding hydrogens is 264 g/mol. The highest BCUT2D eigenvalue weighted by molar-refractivity contribution is 8.76. The van der Waals surface area contributed by atoms with Gasteiger partial charge in [-0.15, -0.1) is 0 Å². The van der Waals surface area contributed by atoms with E-state index in [0.29, 0.717) is 17.2 Å². The molecule has 0 spiro atoms. The molecule has 0 saturated carbocycles. The Kier molecular flexibility index (Phi) is 5.78. The molecule has 0 aliphatic heterocycles. The van der Waals surface area contributed by atoms with Gasteiger partial charge in [0.1, 0.15) is 11.2 Å². The molecule has 0 amide bonds. The highest BCUT2D eigenvalue weighted by atomic mass is 33.1. The summed E-state index contributed by atoms with van der Waals surface area (Å²) >= 11 is 0. The Morgan fingerprint density at radius 2 is 2.29 bits per heavy atom. The molecule has 0 atom stereocenters. The van der Waals surface area contributed by atoms with Crippen molar-refractivity contribution >= 4 is 33.2 Å². The van der Waals surface area contributed by atoms with E-state index in [1.165, 1.54) is 33.9 Å². The molecule has 0 saturated heterocycles. The van der Waals surface area contributed by atoms with Crippen LogP contribution < -0.4 is 0 Å². The minimum atomic E-state index is -0.802. The SMILES string of the molecule is O=C(O)CCCSSc1ccc([N+](=O)[O-])cn1. The van der Waals surface area contributed by atoms with Crippen LogP contribution in [0.15, 0.2) is 23.4 Å². The second kappa shape index (κ2) is 7.13. The zero-order valence-electron chi connectivity index (χ0n) is 8.74. The summed E-state index contributed by atoms with van der Waals surface area (Å²) in [6.45, 7) is 0. The lowest BCUT2D eigenvalue weighted by atomic mass is 10.3. The maximum absolute atomic E-state index is 10.4. The van der Waals surface area contributed by atoms with Crippen LogP contribution >= 0.6 is 21.6 Å². The summed E-state index contributed by atoms with van der Waals surface area (Å²) in [6, 6.07) is 2.97. The second-order valence-corrected chi connectivity index (χ2v) is 5.45. The van der Waals surface area contributed by atoms with Crippen molar-refractivity contribution < 1.29 is 14.8 Å². The molecular formula is C9H10N2O4S2. The molecule has 1 aromatic heterocycles. The molecule has 0 radical (unpaired) electrons. The largest absolute Gasteiger partial charge is 0.481 e. The molecule has 0 unspecified atom stereocenters. The van der Waals surface area contributed by atoms with E-state index in [0.717, 1.165) is 0 Å². The number of carboxylic acid groups (broad SMARTS) is 1. The molecule has 92 valence electrons. The van der Waals surface area contributed by atoms with E-state index in [2.05, 4.69) is 4.98 Å². The Morgan fingerprint density at radius 1 is 1.53 bits per heavy atom. The van der Waals surface area contributed by atoms with Crippen LogP contribution in [0.5, 0.6) is 0 Å². The Labute approximate surface area is 105 Å². The van der Waals surface area contributed by atoms with Crippen LogP contribution in [-0.2, 0) is 4.79 Å². The zero-order chi connectivity index (χ0) is 12.7. The van der Waals surface area contributed by atoms with Gasteiger partial charge in [0, 0.05) is 18.2 Å². The van der Waals surface area contributed by atoms with Crippen LogP contribution in [0.25, 0.3) is 0 Å². The number of hydrogen-bond donors (Lipinski definition) is 1. The molecule has 1 N–H and O–H groups in total. The number of nitro groups is 1. The number of hydrogen-bond acceptors (Lipinski definition) is 6. The van der Waals surface area contributed by atoms with Gasteiger partial charge in [0.05, 0.1) is 4.92 Å². The van der Waals surface area contributed by atoms with Crippen molar-refractivity contribution in [3.63, 3.8) is 0 Å². The van der Waals surface area contributed by atoms with Gasteiger partial charge in [-0.2, -0.15) is 0 Å². The number of aliphatic carboxylic acids is 1. The summed E-state index contributed by atoms with van der Waals surface area (Å²) < 4.78 is 0. The summed E-state index contributed by atoms with van der Waals surface area (Å²) in [4.78, 5) is 24.0. The predicted molar refractivity (Wildman–Crippen MR) is 66.1 cm³/mol. The van der Waals surface area contributed by atoms with Crippen molar-refractivity contribution in [2.24, 2.45) is 0 Å². The number of pyridine rings is 1. The van der Waals surface area contributed by atoms with Gasteiger partial charge >= 0.3 is 5.97 Å². The van der Waals surface area contributed by atoms with Gasteiger partial charge in [-0.1, -0.05) is 10.8 Å². The van der Waals surface area contributed by atoms with Crippen LogP contribution in [-0.4, -0.2) is 26.7 Å². The average molecular weight is 274 g/mol. The van der Waals surface area contributed by atoms with E-state index in [-0.39, 0.29) is 12.1 Å². The molecule has 17 heavy (non-hydrogen) atoms. The summed E-state index contributed by atoms with van der Waals surface area (Å²) in [5, 5.41) is 19.5. The van der Waals surface area contributed by atoms with E-state index in [9.17, 15) is 14.9 Å². The van der Waals surface area contributed by atoms with Crippen molar-refractivity contribution in [2.45, 2.75) is 17.9 Å². The number of aromatic nitrogens is 1. The molecule has 1 aromatic rings. The molecule has 0 aliphatic carbocycles. The first-order valence-electron chi connectivity index (χ1n) is 4.71. The highest BCUT2D eigenvalue weighted by Gasteiger charge is 2.05. The molecule has 8 heteroatoms. The Hall–Kier alpha value is -1.28. The van der Waals surface area contributed by atoms with E-state index >= 15 is 0 Å². The van der Waals surface area contributed by atoms with Gasteiger partial charge < -0.3 is 5.11 Å². The van der Waals surface area contributed by atoms with Crippen LogP contribution in [0.2, 0.25) is 0 Å². The maximum atomic E-state index is 10.4. The fourth-order valence-electron chi connectivity index (χ4n) is 0.914. The Balaban J connectivity index is 2.27. The van der Waals surface area contributed by atoms with Crippen LogP contribution in [0.4, 0.5) is 5.69 Å². The van der Waals surface area contributed by atoms with E-state index < -0.39 is 10.9 Å². The first-order chi connectivity index (χ1) is 8.09. The van der Waals surface area contributed by atoms with Crippen molar-refractivity contribution in [3.05, 3.63) is 28.4 Å². The smallest absolute Gasteiger partial charge is 0.303 e. The molecule has 0 bridgehead atoms. The topological polar surface area (TPSA) is 93.3 Å². The first kappa shape index (κ1) is 13.8. The third-order valence-corrected chi connectivity index (χ3v) is 4.05. The van der Waals surface area contributed by atoms with Crippen molar-refractivity contribution in [3.8, 4) is 0 Å². The van der Waals surface area contributed by atoms with Gasteiger partial charge in [-0.25, -0.2) is 4.98 Å². The molecule has 1 heterocycles. The van der Waals surface area contributed by atoms with Crippen LogP contribution in [0.1, 0.15) is 12.8 Å². The average Bonchev–Trinajstić information content (AvgIpc) is 2.29. The Bertz CT molecular complexity index is 396. The zero-order valence-corrected chi connectivity index (χ0v) is 10.4. The van der Waals surface area contributed by atoms with Crippen LogP contribution in [0, 0.1) is 10.1 Å². The monoisotopic (exact) mass is 274 g/mol. The number of nitrogens with zero attached hydrogens (tertiary/aromatic N) is 2. The molecule has 0 aliphatic rings. The normalized spacial score (nSPS) is 10.1. The van der Waals surface area contributed by atoms with E-state index in [1.54, 1.807) is 6.07 Å². The third kappa shape index (κ3) is 5.55. The molecule has 1 rings (SSSR count). The van der Waals surface area contributed by atoms with Crippen molar-refractivity contribution in [1.29, 1.82) is 0 Å². The van der Waals surface area contributed by atoms with Gasteiger partial charge in [0.2, 0.25) is 0 Å². The molecule has 0 fully saturated rings. The van der Waals surface area contributed by atoms with E-state index in [1.807, 2.05) is 0 Å². The summed E-state index contributed by atoms with van der Waals surface area (Å²) in [5.41, 5.74) is -0.0368. The minimum absolute atomic E-state index is 0.0368. The van der Waals surface area contributed by atoms with Crippen molar-refractivity contribution in [1.82, 2.24) is 4.98 Å². The number of carboxylic acids is 1. The number of carbonyl (C=O) groups is 1. The lowest BCUT2D eigenvalue weighted by molar-refractivity contribution is -0.385. The molecule has 0 aromatic carbocycles. The third-order valence-electron chi connectivity index (χ3n) is 1.69. The van der Waals surface area contributed by atoms with Crippen molar-refractivity contribution in [2.75, 3.05) is 5.75 Å². The van der Waals surface area contributed by atoms with Gasteiger partial charge in [0.25, 0.3) is 5.69 Å². The quantitative estimate of drug-likeness (QED) is 0.353. The van der Waals surface area contributed by atoms with Gasteiger partial charge in [-0.3, -0.25) is 14.9 Å². The van der Waals surface area contributed by atoms with Gasteiger partial charge in [-0.05, 0) is 23.3 Å². The molecule has 6 nitrogen and oxygen atoms in total. The summed E-state index contributed by atoms with van der Waals surface area (Å²) in [6.07, 6.45) is 1.96. The fourth-order valence-corrected chi connectivity index (χ4v) is 2.86.